The first kappa shape index (κ1) is 11.8. The van der Waals surface area contributed by atoms with Crippen LogP contribution >= 0.6 is 11.6 Å². The van der Waals surface area contributed by atoms with Crippen molar-refractivity contribution >= 4 is 17.5 Å². The molecule has 0 aliphatic carbocycles. The highest BCUT2D eigenvalue weighted by Crippen LogP contribution is 2.35. The van der Waals surface area contributed by atoms with Crippen molar-refractivity contribution in [2.45, 2.75) is 13.8 Å². The number of aryl methyl sites for hydroxylation is 1. The summed E-state index contributed by atoms with van der Waals surface area (Å²) in [4.78, 5) is 0. The van der Waals surface area contributed by atoms with Crippen molar-refractivity contribution in [3.05, 3.63) is 28.9 Å². The number of anilines is 1. The minimum atomic E-state index is 0.285. The Morgan fingerprint density at radius 1 is 1.41 bits per heavy atom. The summed E-state index contributed by atoms with van der Waals surface area (Å²) in [6.45, 7) is 4.45. The molecule has 0 aliphatic heterocycles. The molecule has 4 nitrogen and oxygen atoms in total. The first-order chi connectivity index (χ1) is 8.13. The van der Waals surface area contributed by atoms with Crippen LogP contribution in [0.25, 0.3) is 11.1 Å². The maximum absolute atomic E-state index is 6.13. The van der Waals surface area contributed by atoms with Gasteiger partial charge in [-0.2, -0.15) is 0 Å². The molecule has 17 heavy (non-hydrogen) atoms. The molecule has 0 spiro atoms. The zero-order valence-corrected chi connectivity index (χ0v) is 10.4. The SMILES string of the molecule is CCOc1cc(C)c(-c2cnoc2N)cc1Cl. The number of benzene rings is 1. The molecular weight excluding hydrogens is 240 g/mol. The molecule has 1 aromatic heterocycles. The fourth-order valence-corrected chi connectivity index (χ4v) is 1.88. The minimum absolute atomic E-state index is 0.285. The number of aromatic nitrogens is 1. The van der Waals surface area contributed by atoms with Crippen LogP contribution in [0.15, 0.2) is 22.9 Å². The van der Waals surface area contributed by atoms with Gasteiger partial charge in [-0.15, -0.1) is 0 Å². The Kier molecular flexibility index (Phi) is 3.24. The van der Waals surface area contributed by atoms with Gasteiger partial charge in [-0.25, -0.2) is 0 Å². The van der Waals surface area contributed by atoms with Crippen molar-refractivity contribution in [2.75, 3.05) is 12.3 Å². The molecule has 0 unspecified atom stereocenters. The quantitative estimate of drug-likeness (QED) is 0.911. The van der Waals surface area contributed by atoms with Gasteiger partial charge in [0.15, 0.2) is 0 Å². The summed E-state index contributed by atoms with van der Waals surface area (Å²) in [5, 5.41) is 4.20. The lowest BCUT2D eigenvalue weighted by Gasteiger charge is -2.10. The molecule has 1 aromatic carbocycles. The highest BCUT2D eigenvalue weighted by Gasteiger charge is 2.13. The second-order valence-electron chi connectivity index (χ2n) is 3.63. The smallest absolute Gasteiger partial charge is 0.229 e. The lowest BCUT2D eigenvalue weighted by Crippen LogP contribution is -1.94. The van der Waals surface area contributed by atoms with Crippen molar-refractivity contribution in [1.82, 2.24) is 5.16 Å². The molecule has 90 valence electrons. The first-order valence-electron chi connectivity index (χ1n) is 5.27. The predicted octanol–water partition coefficient (Wildman–Crippen LogP) is 3.28. The van der Waals surface area contributed by atoms with Crippen LogP contribution in [0.2, 0.25) is 5.02 Å². The zero-order chi connectivity index (χ0) is 12.4. The molecule has 2 N–H and O–H groups in total. The number of halogens is 1. The van der Waals surface area contributed by atoms with Crippen LogP contribution in [-0.2, 0) is 0 Å². The van der Waals surface area contributed by atoms with Crippen molar-refractivity contribution < 1.29 is 9.26 Å². The van der Waals surface area contributed by atoms with Crippen LogP contribution in [0, 0.1) is 6.92 Å². The fourth-order valence-electron chi connectivity index (χ4n) is 1.66. The Morgan fingerprint density at radius 3 is 2.76 bits per heavy atom. The molecule has 0 radical (unpaired) electrons. The summed E-state index contributed by atoms with van der Waals surface area (Å²) in [5.74, 6) is 0.957. The topological polar surface area (TPSA) is 61.3 Å². The molecule has 0 bridgehead atoms. The summed E-state index contributed by atoms with van der Waals surface area (Å²) in [7, 11) is 0. The van der Waals surface area contributed by atoms with Gasteiger partial charge in [-0.3, -0.25) is 0 Å². The monoisotopic (exact) mass is 252 g/mol. The molecule has 0 saturated heterocycles. The molecule has 0 amide bonds. The highest BCUT2D eigenvalue weighted by atomic mass is 35.5. The lowest BCUT2D eigenvalue weighted by molar-refractivity contribution is 0.340. The van der Waals surface area contributed by atoms with E-state index >= 15 is 0 Å². The van der Waals surface area contributed by atoms with Gasteiger partial charge in [0.1, 0.15) is 5.75 Å². The van der Waals surface area contributed by atoms with Gasteiger partial charge in [0, 0.05) is 0 Å². The summed E-state index contributed by atoms with van der Waals surface area (Å²) < 4.78 is 10.3. The van der Waals surface area contributed by atoms with E-state index in [1.54, 1.807) is 6.20 Å². The van der Waals surface area contributed by atoms with E-state index in [-0.39, 0.29) is 5.88 Å². The Morgan fingerprint density at radius 2 is 2.18 bits per heavy atom. The zero-order valence-electron chi connectivity index (χ0n) is 9.66. The van der Waals surface area contributed by atoms with Crippen LogP contribution in [0.1, 0.15) is 12.5 Å². The van der Waals surface area contributed by atoms with Gasteiger partial charge in [0.05, 0.1) is 23.4 Å². The maximum atomic E-state index is 6.13. The predicted molar refractivity (Wildman–Crippen MR) is 67.3 cm³/mol. The van der Waals surface area contributed by atoms with Crippen LogP contribution in [-0.4, -0.2) is 11.8 Å². The minimum Gasteiger partial charge on any atom is -0.492 e. The van der Waals surface area contributed by atoms with Gasteiger partial charge >= 0.3 is 0 Å². The van der Waals surface area contributed by atoms with Crippen LogP contribution < -0.4 is 10.5 Å². The molecule has 1 heterocycles. The normalized spacial score (nSPS) is 10.5. The van der Waals surface area contributed by atoms with Crippen molar-refractivity contribution in [1.29, 1.82) is 0 Å². The molecular formula is C12H13ClN2O2. The van der Waals surface area contributed by atoms with Crippen LogP contribution in [0.4, 0.5) is 5.88 Å². The highest BCUT2D eigenvalue weighted by molar-refractivity contribution is 6.32. The summed E-state index contributed by atoms with van der Waals surface area (Å²) in [6, 6.07) is 3.69. The van der Waals surface area contributed by atoms with Crippen molar-refractivity contribution in [3.8, 4) is 16.9 Å². The third-order valence-corrected chi connectivity index (χ3v) is 2.76. The summed E-state index contributed by atoms with van der Waals surface area (Å²) >= 11 is 6.13. The van der Waals surface area contributed by atoms with E-state index in [1.807, 2.05) is 26.0 Å². The lowest BCUT2D eigenvalue weighted by atomic mass is 10.0. The van der Waals surface area contributed by atoms with E-state index in [9.17, 15) is 0 Å². The third kappa shape index (κ3) is 2.22. The second kappa shape index (κ2) is 4.67. The number of hydrogen-bond acceptors (Lipinski definition) is 4. The summed E-state index contributed by atoms with van der Waals surface area (Å²) in [5.41, 5.74) is 8.34. The molecule has 2 aromatic rings. The maximum Gasteiger partial charge on any atom is 0.229 e. The Balaban J connectivity index is 2.50. The Labute approximate surface area is 104 Å². The van der Waals surface area contributed by atoms with E-state index in [2.05, 4.69) is 5.16 Å². The van der Waals surface area contributed by atoms with Crippen LogP contribution in [0.3, 0.4) is 0 Å². The molecule has 0 aliphatic rings. The summed E-state index contributed by atoms with van der Waals surface area (Å²) in [6.07, 6.45) is 1.58. The molecule has 5 heteroatoms. The second-order valence-corrected chi connectivity index (χ2v) is 4.04. The van der Waals surface area contributed by atoms with Crippen molar-refractivity contribution in [3.63, 3.8) is 0 Å². The first-order valence-corrected chi connectivity index (χ1v) is 5.64. The number of nitrogens with zero attached hydrogens (tertiary/aromatic N) is 1. The van der Waals surface area contributed by atoms with Crippen LogP contribution in [0.5, 0.6) is 5.75 Å². The Bertz CT molecular complexity index is 537. The number of ether oxygens (including phenoxy) is 1. The van der Waals surface area contributed by atoms with Gasteiger partial charge in [0.2, 0.25) is 5.88 Å². The van der Waals surface area contributed by atoms with Gasteiger partial charge < -0.3 is 15.0 Å². The number of rotatable bonds is 3. The van der Waals surface area contributed by atoms with Crippen molar-refractivity contribution in [2.24, 2.45) is 0 Å². The number of hydrogen-bond donors (Lipinski definition) is 1. The van der Waals surface area contributed by atoms with Gasteiger partial charge in [-0.1, -0.05) is 16.8 Å². The Hall–Kier alpha value is -1.68. The van der Waals surface area contributed by atoms with E-state index < -0.39 is 0 Å². The van der Waals surface area contributed by atoms with E-state index in [0.29, 0.717) is 17.4 Å². The van der Waals surface area contributed by atoms with Gasteiger partial charge in [-0.05, 0) is 37.1 Å². The molecule has 0 atom stereocenters. The largest absolute Gasteiger partial charge is 0.492 e. The number of nitrogens with two attached hydrogens (primary N) is 1. The fraction of sp³-hybridized carbons (Fsp3) is 0.250. The number of nitrogen functional groups attached to an aromatic ring is 1. The van der Waals surface area contributed by atoms with Gasteiger partial charge in [0.25, 0.3) is 0 Å². The molecule has 0 saturated carbocycles. The van der Waals surface area contributed by atoms with E-state index in [0.717, 1.165) is 16.7 Å². The average Bonchev–Trinajstić information content (AvgIpc) is 2.70. The standard InChI is InChI=1S/C12H13ClN2O2/c1-3-16-11-4-7(2)8(5-10(11)13)9-6-15-17-12(9)14/h4-6H,3,14H2,1-2H3. The third-order valence-electron chi connectivity index (χ3n) is 2.47. The van der Waals surface area contributed by atoms with E-state index in [4.69, 9.17) is 26.6 Å². The molecule has 2 rings (SSSR count). The average molecular weight is 253 g/mol. The van der Waals surface area contributed by atoms with E-state index in [1.165, 1.54) is 0 Å². The molecule has 0 fully saturated rings.